The van der Waals surface area contributed by atoms with Crippen LogP contribution in [0.4, 0.5) is 13.2 Å². The summed E-state index contributed by atoms with van der Waals surface area (Å²) < 4.78 is 47.1. The van der Waals surface area contributed by atoms with E-state index in [1.165, 1.54) is 26.0 Å². The molecule has 1 fully saturated rings. The van der Waals surface area contributed by atoms with Crippen LogP contribution in [0.2, 0.25) is 0 Å². The fourth-order valence-electron chi connectivity index (χ4n) is 3.36. The molecule has 0 spiro atoms. The molecular weight excluding hydrogens is 512 g/mol. The lowest BCUT2D eigenvalue weighted by molar-refractivity contribution is -0.153. The van der Waals surface area contributed by atoms with Gasteiger partial charge in [-0.1, -0.05) is 13.0 Å². The van der Waals surface area contributed by atoms with Crippen molar-refractivity contribution in [3.63, 3.8) is 0 Å². The van der Waals surface area contributed by atoms with Gasteiger partial charge in [0, 0.05) is 19.1 Å². The zero-order valence-electron chi connectivity index (χ0n) is 17.7. The molecule has 6 nitrogen and oxygen atoms in total. The Morgan fingerprint density at radius 3 is 2.63 bits per heavy atom. The molecule has 10 heteroatoms. The summed E-state index contributed by atoms with van der Waals surface area (Å²) >= 11 is 0. The van der Waals surface area contributed by atoms with E-state index in [1.807, 2.05) is 6.92 Å². The number of benzene rings is 1. The molecule has 172 valence electrons. The third kappa shape index (κ3) is 8.75. The average Bonchev–Trinajstić information content (AvgIpc) is 3.15. The number of ether oxygens (including phenoxy) is 2. The van der Waals surface area contributed by atoms with Crippen LogP contribution in [0.3, 0.4) is 0 Å². The summed E-state index contributed by atoms with van der Waals surface area (Å²) in [6.07, 6.45) is -2.00. The first-order valence-electron chi connectivity index (χ1n) is 9.99. The van der Waals surface area contributed by atoms with Gasteiger partial charge in [0.25, 0.3) is 0 Å². The molecule has 0 bridgehead atoms. The van der Waals surface area contributed by atoms with Crippen LogP contribution < -0.4 is 20.1 Å². The molecule has 1 aromatic rings. The zero-order chi connectivity index (χ0) is 21.3. The highest BCUT2D eigenvalue weighted by molar-refractivity contribution is 14.0. The van der Waals surface area contributed by atoms with E-state index < -0.39 is 12.8 Å². The first-order chi connectivity index (χ1) is 13.9. The van der Waals surface area contributed by atoms with Crippen LogP contribution in [0.15, 0.2) is 23.2 Å². The van der Waals surface area contributed by atoms with Crippen molar-refractivity contribution in [2.75, 3.05) is 39.9 Å². The number of nitrogens with one attached hydrogen (secondary N) is 2. The van der Waals surface area contributed by atoms with E-state index >= 15 is 0 Å². The van der Waals surface area contributed by atoms with E-state index in [1.54, 1.807) is 12.1 Å². The topological polar surface area (TPSA) is 58.1 Å². The van der Waals surface area contributed by atoms with Gasteiger partial charge >= 0.3 is 6.18 Å². The van der Waals surface area contributed by atoms with Gasteiger partial charge in [-0.05, 0) is 50.6 Å². The van der Waals surface area contributed by atoms with Crippen molar-refractivity contribution < 1.29 is 22.6 Å². The zero-order valence-corrected chi connectivity index (χ0v) is 20.0. The molecule has 1 unspecified atom stereocenters. The Hall–Kier alpha value is -1.43. The number of rotatable bonds is 9. The van der Waals surface area contributed by atoms with Gasteiger partial charge in [-0.3, -0.25) is 4.90 Å². The molecule has 0 aliphatic carbocycles. The first-order valence-corrected chi connectivity index (χ1v) is 9.99. The summed E-state index contributed by atoms with van der Waals surface area (Å²) in [5.41, 5.74) is 0.814. The largest absolute Gasteiger partial charge is 0.493 e. The predicted molar refractivity (Wildman–Crippen MR) is 123 cm³/mol. The van der Waals surface area contributed by atoms with Gasteiger partial charge in [0.2, 0.25) is 0 Å². The normalized spacial score (nSPS) is 17.4. The number of hydrogen-bond acceptors (Lipinski definition) is 4. The number of likely N-dealkylation sites (tertiary alicyclic amines) is 1. The molecule has 0 aromatic heterocycles. The van der Waals surface area contributed by atoms with Crippen LogP contribution in [0.1, 0.15) is 32.3 Å². The highest BCUT2D eigenvalue weighted by Crippen LogP contribution is 2.30. The fourth-order valence-corrected chi connectivity index (χ4v) is 3.36. The van der Waals surface area contributed by atoms with Crippen molar-refractivity contribution in [3.05, 3.63) is 23.8 Å². The molecule has 0 radical (unpaired) electrons. The highest BCUT2D eigenvalue weighted by Gasteiger charge is 2.29. The number of likely N-dealkylation sites (N-methyl/N-ethyl adjacent to an activating group) is 1. The number of hydrogen-bond donors (Lipinski definition) is 2. The summed E-state index contributed by atoms with van der Waals surface area (Å²) in [5, 5.41) is 6.62. The van der Waals surface area contributed by atoms with Crippen molar-refractivity contribution >= 4 is 29.9 Å². The van der Waals surface area contributed by atoms with Crippen molar-refractivity contribution in [2.24, 2.45) is 4.99 Å². The SMILES string of the molecule is CCNC(=NCc1ccc(OCC(F)(F)F)c(OC)c1)NCC1CCCN1CC.I. The van der Waals surface area contributed by atoms with Gasteiger partial charge < -0.3 is 20.1 Å². The van der Waals surface area contributed by atoms with Crippen LogP contribution in [0.5, 0.6) is 11.5 Å². The Kier molecular flexibility index (Phi) is 11.6. The molecule has 0 amide bonds. The van der Waals surface area contributed by atoms with E-state index in [-0.39, 0.29) is 35.5 Å². The maximum Gasteiger partial charge on any atom is 0.422 e. The minimum atomic E-state index is -4.40. The third-order valence-corrected chi connectivity index (χ3v) is 4.79. The average molecular weight is 544 g/mol. The third-order valence-electron chi connectivity index (χ3n) is 4.79. The summed E-state index contributed by atoms with van der Waals surface area (Å²) in [6.45, 7) is 6.93. The number of aliphatic imine (C=N–C) groups is 1. The lowest BCUT2D eigenvalue weighted by Gasteiger charge is -2.24. The monoisotopic (exact) mass is 544 g/mol. The summed E-state index contributed by atoms with van der Waals surface area (Å²) in [5.74, 6) is 1.03. The molecule has 1 aliphatic heterocycles. The van der Waals surface area contributed by atoms with E-state index in [0.717, 1.165) is 31.7 Å². The summed E-state index contributed by atoms with van der Waals surface area (Å²) in [6, 6.07) is 5.33. The fraction of sp³-hybridized carbons (Fsp3) is 0.650. The Balaban J connectivity index is 0.00000450. The standard InChI is InChI=1S/C20H31F3N4O2.HI/c1-4-24-19(26-13-16-7-6-10-27(16)5-2)25-12-15-8-9-17(18(11-15)28-3)29-14-20(21,22)23;/h8-9,11,16H,4-7,10,12-14H2,1-3H3,(H2,24,25,26);1H. The van der Waals surface area contributed by atoms with Crippen LogP contribution >= 0.6 is 24.0 Å². The second kappa shape index (κ2) is 13.1. The van der Waals surface area contributed by atoms with Crippen molar-refractivity contribution in [1.82, 2.24) is 15.5 Å². The molecule has 1 aliphatic rings. The van der Waals surface area contributed by atoms with Crippen LogP contribution in [-0.4, -0.2) is 63.0 Å². The lowest BCUT2D eigenvalue weighted by atomic mass is 10.2. The van der Waals surface area contributed by atoms with Crippen LogP contribution in [0, 0.1) is 0 Å². The Morgan fingerprint density at radius 2 is 2.00 bits per heavy atom. The number of methoxy groups -OCH3 is 1. The molecule has 2 rings (SSSR count). The summed E-state index contributed by atoms with van der Waals surface area (Å²) in [4.78, 5) is 7.04. The molecule has 2 N–H and O–H groups in total. The summed E-state index contributed by atoms with van der Waals surface area (Å²) in [7, 11) is 1.40. The van der Waals surface area contributed by atoms with Crippen molar-refractivity contribution in [2.45, 2.75) is 45.5 Å². The van der Waals surface area contributed by atoms with E-state index in [9.17, 15) is 13.2 Å². The molecule has 1 saturated heterocycles. The van der Waals surface area contributed by atoms with Gasteiger partial charge in [0.15, 0.2) is 24.1 Å². The second-order valence-electron chi connectivity index (χ2n) is 6.89. The van der Waals surface area contributed by atoms with E-state index in [0.29, 0.717) is 18.5 Å². The lowest BCUT2D eigenvalue weighted by Crippen LogP contribution is -2.44. The molecule has 1 aromatic carbocycles. The Bertz CT molecular complexity index is 674. The second-order valence-corrected chi connectivity index (χ2v) is 6.89. The molecule has 1 heterocycles. The van der Waals surface area contributed by atoms with E-state index in [4.69, 9.17) is 9.47 Å². The van der Waals surface area contributed by atoms with E-state index in [2.05, 4.69) is 27.4 Å². The molecule has 0 saturated carbocycles. The number of guanidine groups is 1. The molecular formula is C20H32F3IN4O2. The highest BCUT2D eigenvalue weighted by atomic mass is 127. The number of nitrogens with zero attached hydrogens (tertiary/aromatic N) is 2. The van der Waals surface area contributed by atoms with Gasteiger partial charge in [-0.2, -0.15) is 13.2 Å². The van der Waals surface area contributed by atoms with Crippen molar-refractivity contribution in [1.29, 1.82) is 0 Å². The molecule has 1 atom stereocenters. The molecule has 30 heavy (non-hydrogen) atoms. The smallest absolute Gasteiger partial charge is 0.422 e. The quantitative estimate of drug-likeness (QED) is 0.282. The van der Waals surface area contributed by atoms with Gasteiger partial charge in [-0.25, -0.2) is 4.99 Å². The maximum atomic E-state index is 12.4. The maximum absolute atomic E-state index is 12.4. The van der Waals surface area contributed by atoms with Crippen molar-refractivity contribution in [3.8, 4) is 11.5 Å². The van der Waals surface area contributed by atoms with Gasteiger partial charge in [0.1, 0.15) is 0 Å². The Labute approximate surface area is 193 Å². The van der Waals surface area contributed by atoms with Gasteiger partial charge in [-0.15, -0.1) is 24.0 Å². The number of halogens is 4. The predicted octanol–water partition coefficient (Wildman–Crippen LogP) is 3.79. The van der Waals surface area contributed by atoms with Crippen LogP contribution in [-0.2, 0) is 6.54 Å². The Morgan fingerprint density at radius 1 is 1.23 bits per heavy atom. The van der Waals surface area contributed by atoms with Gasteiger partial charge in [0.05, 0.1) is 13.7 Å². The minimum Gasteiger partial charge on any atom is -0.493 e. The number of alkyl halides is 3. The van der Waals surface area contributed by atoms with Crippen LogP contribution in [0.25, 0.3) is 0 Å². The minimum absolute atomic E-state index is 0. The first kappa shape index (κ1) is 26.6.